The fourth-order valence-corrected chi connectivity index (χ4v) is 1.24. The van der Waals surface area contributed by atoms with Crippen molar-refractivity contribution in [1.29, 1.82) is 0 Å². The van der Waals surface area contributed by atoms with Crippen LogP contribution in [-0.2, 0) is 11.3 Å². The molecule has 0 aliphatic heterocycles. The summed E-state index contributed by atoms with van der Waals surface area (Å²) in [5.41, 5.74) is 0.955. The zero-order valence-electron chi connectivity index (χ0n) is 9.67. The van der Waals surface area contributed by atoms with Crippen LogP contribution in [0, 0.1) is 0 Å². The van der Waals surface area contributed by atoms with Gasteiger partial charge in [0.1, 0.15) is 6.04 Å². The third-order valence-electron chi connectivity index (χ3n) is 2.46. The maximum Gasteiger partial charge on any atom is 0.320 e. The lowest BCUT2D eigenvalue weighted by atomic mass is 10.2. The fraction of sp³-hybridized carbons (Fsp3) is 0.455. The molecular formula is C11H16N2O3. The molecule has 0 aromatic carbocycles. The van der Waals surface area contributed by atoms with E-state index in [0.717, 1.165) is 5.56 Å². The third-order valence-corrected chi connectivity index (χ3v) is 2.46. The first-order valence-corrected chi connectivity index (χ1v) is 4.96. The first kappa shape index (κ1) is 12.4. The van der Waals surface area contributed by atoms with Crippen molar-refractivity contribution >= 4 is 5.97 Å². The van der Waals surface area contributed by atoms with Crippen LogP contribution in [0.15, 0.2) is 18.3 Å². The van der Waals surface area contributed by atoms with Gasteiger partial charge in [-0.25, -0.2) is 4.98 Å². The molecular weight excluding hydrogens is 208 g/mol. The minimum atomic E-state index is -0.830. The zero-order chi connectivity index (χ0) is 12.1. The van der Waals surface area contributed by atoms with E-state index in [1.807, 2.05) is 6.07 Å². The molecule has 1 atom stereocenters. The Kier molecular flexibility index (Phi) is 4.25. The van der Waals surface area contributed by atoms with E-state index in [9.17, 15) is 4.79 Å². The molecule has 0 radical (unpaired) electrons. The molecule has 88 valence electrons. The normalized spacial score (nSPS) is 12.5. The molecule has 0 saturated carbocycles. The Balaban J connectivity index is 2.62. The lowest BCUT2D eigenvalue weighted by molar-refractivity contribution is -0.142. The number of nitrogens with zero attached hydrogens (tertiary/aromatic N) is 2. The molecule has 0 saturated heterocycles. The topological polar surface area (TPSA) is 62.7 Å². The van der Waals surface area contributed by atoms with Gasteiger partial charge in [-0.15, -0.1) is 0 Å². The minimum Gasteiger partial charge on any atom is -0.481 e. The van der Waals surface area contributed by atoms with E-state index in [1.165, 1.54) is 0 Å². The van der Waals surface area contributed by atoms with Gasteiger partial charge in [0, 0.05) is 18.8 Å². The van der Waals surface area contributed by atoms with Crippen molar-refractivity contribution in [3.05, 3.63) is 23.9 Å². The van der Waals surface area contributed by atoms with Crippen molar-refractivity contribution in [1.82, 2.24) is 9.88 Å². The van der Waals surface area contributed by atoms with E-state index in [1.54, 1.807) is 38.2 Å². The fourth-order valence-electron chi connectivity index (χ4n) is 1.24. The van der Waals surface area contributed by atoms with Gasteiger partial charge in [0.25, 0.3) is 0 Å². The van der Waals surface area contributed by atoms with E-state index in [4.69, 9.17) is 9.84 Å². The summed E-state index contributed by atoms with van der Waals surface area (Å²) >= 11 is 0. The van der Waals surface area contributed by atoms with Gasteiger partial charge in [-0.3, -0.25) is 9.69 Å². The summed E-state index contributed by atoms with van der Waals surface area (Å²) in [5, 5.41) is 8.84. The second-order valence-corrected chi connectivity index (χ2v) is 3.64. The molecule has 1 aromatic rings. The van der Waals surface area contributed by atoms with Crippen molar-refractivity contribution in [2.45, 2.75) is 19.5 Å². The molecule has 1 N–H and O–H groups in total. The van der Waals surface area contributed by atoms with Gasteiger partial charge >= 0.3 is 5.97 Å². The molecule has 0 bridgehead atoms. The number of rotatable bonds is 5. The first-order chi connectivity index (χ1) is 7.54. The van der Waals surface area contributed by atoms with Crippen LogP contribution in [0.2, 0.25) is 0 Å². The van der Waals surface area contributed by atoms with Gasteiger partial charge in [-0.1, -0.05) is 6.07 Å². The van der Waals surface area contributed by atoms with Crippen molar-refractivity contribution in [2.24, 2.45) is 0 Å². The molecule has 0 amide bonds. The van der Waals surface area contributed by atoms with Crippen LogP contribution in [0.4, 0.5) is 0 Å². The molecule has 1 aromatic heterocycles. The largest absolute Gasteiger partial charge is 0.481 e. The van der Waals surface area contributed by atoms with Crippen LogP contribution >= 0.6 is 0 Å². The van der Waals surface area contributed by atoms with Crippen molar-refractivity contribution < 1.29 is 14.6 Å². The molecule has 0 aliphatic carbocycles. The van der Waals surface area contributed by atoms with Gasteiger partial charge < -0.3 is 9.84 Å². The summed E-state index contributed by atoms with van der Waals surface area (Å²) in [4.78, 5) is 16.6. The predicted octanol–water partition coefficient (Wildman–Crippen LogP) is 0.995. The summed E-state index contributed by atoms with van der Waals surface area (Å²) in [5.74, 6) is -0.276. The lowest BCUT2D eigenvalue weighted by Crippen LogP contribution is -2.35. The Labute approximate surface area is 94.7 Å². The Bertz CT molecular complexity index is 351. The Hall–Kier alpha value is -1.62. The first-order valence-electron chi connectivity index (χ1n) is 4.96. The van der Waals surface area contributed by atoms with Crippen molar-refractivity contribution in [3.8, 4) is 5.88 Å². The van der Waals surface area contributed by atoms with Gasteiger partial charge in [0.15, 0.2) is 0 Å². The number of hydrogen-bond acceptors (Lipinski definition) is 4. The highest BCUT2D eigenvalue weighted by Crippen LogP contribution is 2.09. The molecule has 0 aliphatic rings. The van der Waals surface area contributed by atoms with E-state index in [2.05, 4.69) is 4.98 Å². The second-order valence-electron chi connectivity index (χ2n) is 3.64. The maximum atomic E-state index is 10.8. The van der Waals surface area contributed by atoms with E-state index in [-0.39, 0.29) is 0 Å². The lowest BCUT2D eigenvalue weighted by Gasteiger charge is -2.20. The molecule has 0 spiro atoms. The van der Waals surface area contributed by atoms with Crippen LogP contribution in [-0.4, -0.2) is 41.2 Å². The maximum absolute atomic E-state index is 10.8. The number of carboxylic acid groups (broad SMARTS) is 1. The number of ether oxygens (including phenoxy) is 1. The SMILES string of the molecule is COc1ccc(CN(C)C(C)C(=O)O)cn1. The molecule has 16 heavy (non-hydrogen) atoms. The standard InChI is InChI=1S/C11H16N2O3/c1-8(11(14)15)13(2)7-9-4-5-10(16-3)12-6-9/h4-6,8H,7H2,1-3H3,(H,14,15). The Morgan fingerprint density at radius 2 is 2.31 bits per heavy atom. The third kappa shape index (κ3) is 3.20. The Morgan fingerprint density at radius 1 is 1.62 bits per heavy atom. The summed E-state index contributed by atoms with van der Waals surface area (Å²) in [7, 11) is 3.32. The van der Waals surface area contributed by atoms with Crippen LogP contribution < -0.4 is 4.74 Å². The number of pyridine rings is 1. The number of aliphatic carboxylic acids is 1. The summed E-state index contributed by atoms with van der Waals surface area (Å²) in [6, 6.07) is 3.12. The highest BCUT2D eigenvalue weighted by Gasteiger charge is 2.16. The number of hydrogen-bond donors (Lipinski definition) is 1. The number of methoxy groups -OCH3 is 1. The quantitative estimate of drug-likeness (QED) is 0.808. The average molecular weight is 224 g/mol. The Morgan fingerprint density at radius 3 is 2.75 bits per heavy atom. The molecule has 0 fully saturated rings. The van der Waals surface area contributed by atoms with E-state index >= 15 is 0 Å². The molecule has 1 unspecified atom stereocenters. The van der Waals surface area contributed by atoms with E-state index < -0.39 is 12.0 Å². The van der Waals surface area contributed by atoms with Gasteiger partial charge in [-0.05, 0) is 19.5 Å². The summed E-state index contributed by atoms with van der Waals surface area (Å²) < 4.78 is 4.94. The van der Waals surface area contributed by atoms with Crippen molar-refractivity contribution in [2.75, 3.05) is 14.2 Å². The molecule has 1 rings (SSSR count). The zero-order valence-corrected chi connectivity index (χ0v) is 9.67. The van der Waals surface area contributed by atoms with Crippen LogP contribution in [0.25, 0.3) is 0 Å². The average Bonchev–Trinajstić information content (AvgIpc) is 2.28. The van der Waals surface area contributed by atoms with Crippen molar-refractivity contribution in [3.63, 3.8) is 0 Å². The highest BCUT2D eigenvalue weighted by molar-refractivity contribution is 5.72. The molecule has 5 heteroatoms. The highest BCUT2D eigenvalue weighted by atomic mass is 16.5. The molecule has 1 heterocycles. The number of carboxylic acids is 1. The van der Waals surface area contributed by atoms with Crippen LogP contribution in [0.3, 0.4) is 0 Å². The van der Waals surface area contributed by atoms with Crippen LogP contribution in [0.1, 0.15) is 12.5 Å². The number of carbonyl (C=O) groups is 1. The minimum absolute atomic E-state index is 0.512. The second kappa shape index (κ2) is 5.46. The van der Waals surface area contributed by atoms with E-state index in [0.29, 0.717) is 12.4 Å². The summed E-state index contributed by atoms with van der Waals surface area (Å²) in [6.45, 7) is 2.20. The molecule has 5 nitrogen and oxygen atoms in total. The van der Waals surface area contributed by atoms with Gasteiger partial charge in [0.2, 0.25) is 5.88 Å². The smallest absolute Gasteiger partial charge is 0.320 e. The van der Waals surface area contributed by atoms with Gasteiger partial charge in [-0.2, -0.15) is 0 Å². The van der Waals surface area contributed by atoms with Crippen LogP contribution in [0.5, 0.6) is 5.88 Å². The number of aromatic nitrogens is 1. The van der Waals surface area contributed by atoms with Gasteiger partial charge in [0.05, 0.1) is 7.11 Å². The summed E-state index contributed by atoms with van der Waals surface area (Å²) in [6.07, 6.45) is 1.68. The predicted molar refractivity (Wildman–Crippen MR) is 59.4 cm³/mol. The number of likely N-dealkylation sites (N-methyl/N-ethyl adjacent to an activating group) is 1. The monoisotopic (exact) mass is 224 g/mol.